The first-order valence-corrected chi connectivity index (χ1v) is 6.44. The molecule has 0 radical (unpaired) electrons. The summed E-state index contributed by atoms with van der Waals surface area (Å²) in [4.78, 5) is 12.1. The van der Waals surface area contributed by atoms with Crippen molar-refractivity contribution >= 4 is 21.8 Å². The van der Waals surface area contributed by atoms with E-state index in [2.05, 4.69) is 21.2 Å². The summed E-state index contributed by atoms with van der Waals surface area (Å²) in [6.45, 7) is 5.09. The number of alkyl halides is 1. The van der Waals surface area contributed by atoms with Crippen LogP contribution in [0.1, 0.15) is 21.5 Å². The summed E-state index contributed by atoms with van der Waals surface area (Å²) < 4.78 is 4.98. The van der Waals surface area contributed by atoms with Crippen LogP contribution in [0.25, 0.3) is 0 Å². The lowest BCUT2D eigenvalue weighted by molar-refractivity contribution is 0.0949. The van der Waals surface area contributed by atoms with E-state index in [1.54, 1.807) is 7.11 Å². The van der Waals surface area contributed by atoms with Crippen LogP contribution in [0.4, 0.5) is 0 Å². The van der Waals surface area contributed by atoms with E-state index in [1.165, 1.54) is 0 Å². The Bertz CT molecular complexity index is 393. The van der Waals surface area contributed by atoms with Crippen LogP contribution < -0.4 is 5.32 Å². The summed E-state index contributed by atoms with van der Waals surface area (Å²) in [5.74, 6) is -0.0388. The highest BCUT2D eigenvalue weighted by Gasteiger charge is 2.10. The molecule has 17 heavy (non-hydrogen) atoms. The number of carbonyl (C=O) groups is 1. The number of halogens is 1. The molecule has 0 aliphatic rings. The average molecular weight is 300 g/mol. The van der Waals surface area contributed by atoms with Gasteiger partial charge in [-0.1, -0.05) is 33.6 Å². The van der Waals surface area contributed by atoms with Crippen LogP contribution in [0.3, 0.4) is 0 Å². The normalized spacial score (nSPS) is 12.2. The van der Waals surface area contributed by atoms with Crippen molar-refractivity contribution in [3.63, 3.8) is 0 Å². The van der Waals surface area contributed by atoms with E-state index in [0.717, 1.165) is 16.7 Å². The predicted octanol–water partition coefficient (Wildman–Crippen LogP) is 2.44. The van der Waals surface area contributed by atoms with Crippen LogP contribution >= 0.6 is 15.9 Å². The maximum Gasteiger partial charge on any atom is 0.251 e. The standard InChI is InChI=1S/C13H18BrNO2/c1-9-4-5-12(10(2)6-9)13(16)15-7-11(14)8-17-3/h4-6,11H,7-8H2,1-3H3,(H,15,16). The molecule has 0 heterocycles. The van der Waals surface area contributed by atoms with Gasteiger partial charge >= 0.3 is 0 Å². The topological polar surface area (TPSA) is 38.3 Å². The molecule has 0 spiro atoms. The summed E-state index contributed by atoms with van der Waals surface area (Å²) in [5.41, 5.74) is 2.89. The van der Waals surface area contributed by atoms with Crippen molar-refractivity contribution in [2.24, 2.45) is 0 Å². The van der Waals surface area contributed by atoms with Gasteiger partial charge in [-0.05, 0) is 25.5 Å². The van der Waals surface area contributed by atoms with Crippen molar-refractivity contribution in [1.82, 2.24) is 5.32 Å². The van der Waals surface area contributed by atoms with Crippen molar-refractivity contribution in [2.75, 3.05) is 20.3 Å². The molecule has 0 saturated heterocycles. The van der Waals surface area contributed by atoms with E-state index < -0.39 is 0 Å². The van der Waals surface area contributed by atoms with Gasteiger partial charge in [-0.25, -0.2) is 0 Å². The Labute approximate surface area is 111 Å². The molecule has 1 unspecified atom stereocenters. The summed E-state index contributed by atoms with van der Waals surface area (Å²) in [7, 11) is 1.64. The number of aryl methyl sites for hydroxylation is 2. The molecule has 1 N–H and O–H groups in total. The zero-order valence-electron chi connectivity index (χ0n) is 10.4. The number of ether oxygens (including phenoxy) is 1. The molecule has 94 valence electrons. The van der Waals surface area contributed by atoms with Crippen molar-refractivity contribution in [3.8, 4) is 0 Å². The molecule has 1 aromatic rings. The van der Waals surface area contributed by atoms with Gasteiger partial charge in [-0.15, -0.1) is 0 Å². The summed E-state index contributed by atoms with van der Waals surface area (Å²) in [5, 5.41) is 2.88. The highest BCUT2D eigenvalue weighted by molar-refractivity contribution is 9.09. The lowest BCUT2D eigenvalue weighted by Gasteiger charge is -2.11. The number of benzene rings is 1. The minimum atomic E-state index is -0.0388. The van der Waals surface area contributed by atoms with Gasteiger partial charge < -0.3 is 10.1 Å². The van der Waals surface area contributed by atoms with E-state index in [-0.39, 0.29) is 10.7 Å². The van der Waals surface area contributed by atoms with Crippen molar-refractivity contribution in [1.29, 1.82) is 0 Å². The smallest absolute Gasteiger partial charge is 0.251 e. The van der Waals surface area contributed by atoms with Crippen molar-refractivity contribution in [2.45, 2.75) is 18.7 Å². The molecular formula is C13H18BrNO2. The molecule has 0 fully saturated rings. The predicted molar refractivity (Wildman–Crippen MR) is 72.8 cm³/mol. The third-order valence-electron chi connectivity index (χ3n) is 2.46. The Morgan fingerprint density at radius 2 is 2.18 bits per heavy atom. The van der Waals surface area contributed by atoms with E-state index in [0.29, 0.717) is 13.2 Å². The van der Waals surface area contributed by atoms with Gasteiger partial charge in [0.2, 0.25) is 0 Å². The van der Waals surface area contributed by atoms with E-state index >= 15 is 0 Å². The van der Waals surface area contributed by atoms with Crippen molar-refractivity contribution < 1.29 is 9.53 Å². The van der Waals surface area contributed by atoms with Crippen LogP contribution in [-0.4, -0.2) is 31.0 Å². The second-order valence-corrected chi connectivity index (χ2v) is 5.38. The number of rotatable bonds is 5. The molecule has 4 heteroatoms. The fourth-order valence-corrected chi connectivity index (χ4v) is 2.03. The molecule has 0 aliphatic heterocycles. The molecule has 0 aromatic heterocycles. The number of amides is 1. The zero-order chi connectivity index (χ0) is 12.8. The van der Waals surface area contributed by atoms with Crippen molar-refractivity contribution in [3.05, 3.63) is 34.9 Å². The second-order valence-electron chi connectivity index (χ2n) is 4.08. The lowest BCUT2D eigenvalue weighted by atomic mass is 10.1. The molecule has 0 aliphatic carbocycles. The first kappa shape index (κ1) is 14.2. The van der Waals surface area contributed by atoms with Crippen LogP contribution in [0.2, 0.25) is 0 Å². The Morgan fingerprint density at radius 1 is 1.47 bits per heavy atom. The largest absolute Gasteiger partial charge is 0.383 e. The molecule has 1 atom stereocenters. The van der Waals surface area contributed by atoms with Gasteiger partial charge in [0.15, 0.2) is 0 Å². The van der Waals surface area contributed by atoms with Gasteiger partial charge in [0, 0.05) is 19.2 Å². The van der Waals surface area contributed by atoms with Crippen LogP contribution in [0.5, 0.6) is 0 Å². The Balaban J connectivity index is 2.58. The Morgan fingerprint density at radius 3 is 2.76 bits per heavy atom. The first-order chi connectivity index (χ1) is 8.04. The summed E-state index contributed by atoms with van der Waals surface area (Å²) in [6, 6.07) is 5.82. The molecule has 1 aromatic carbocycles. The second kappa shape index (κ2) is 6.77. The highest BCUT2D eigenvalue weighted by Crippen LogP contribution is 2.10. The third-order valence-corrected chi connectivity index (χ3v) is 3.05. The Hall–Kier alpha value is -0.870. The quantitative estimate of drug-likeness (QED) is 0.848. The number of nitrogens with one attached hydrogen (secondary N) is 1. The Kier molecular flexibility index (Phi) is 5.65. The summed E-state index contributed by atoms with van der Waals surface area (Å²) in [6.07, 6.45) is 0. The minimum absolute atomic E-state index is 0.0388. The molecule has 1 amide bonds. The number of methoxy groups -OCH3 is 1. The van der Waals surface area contributed by atoms with Crippen LogP contribution in [0.15, 0.2) is 18.2 Å². The van der Waals surface area contributed by atoms with Gasteiger partial charge in [-0.2, -0.15) is 0 Å². The van der Waals surface area contributed by atoms with E-state index in [4.69, 9.17) is 4.74 Å². The van der Waals surface area contributed by atoms with E-state index in [9.17, 15) is 4.79 Å². The van der Waals surface area contributed by atoms with E-state index in [1.807, 2.05) is 32.0 Å². The number of hydrogen-bond donors (Lipinski definition) is 1. The summed E-state index contributed by atoms with van der Waals surface area (Å²) >= 11 is 3.43. The zero-order valence-corrected chi connectivity index (χ0v) is 12.0. The van der Waals surface area contributed by atoms with Gasteiger partial charge in [-0.3, -0.25) is 4.79 Å². The number of hydrogen-bond acceptors (Lipinski definition) is 2. The molecule has 0 bridgehead atoms. The molecule has 1 rings (SSSR count). The maximum absolute atomic E-state index is 11.9. The fourth-order valence-electron chi connectivity index (χ4n) is 1.61. The van der Waals surface area contributed by atoms with Gasteiger partial charge in [0.1, 0.15) is 0 Å². The van der Waals surface area contributed by atoms with Crippen LogP contribution in [-0.2, 0) is 4.74 Å². The first-order valence-electron chi connectivity index (χ1n) is 5.53. The van der Waals surface area contributed by atoms with Gasteiger partial charge in [0.25, 0.3) is 5.91 Å². The number of carbonyl (C=O) groups excluding carboxylic acids is 1. The lowest BCUT2D eigenvalue weighted by Crippen LogP contribution is -2.31. The SMILES string of the molecule is COCC(Br)CNC(=O)c1ccc(C)cc1C. The third kappa shape index (κ3) is 4.48. The highest BCUT2D eigenvalue weighted by atomic mass is 79.9. The monoisotopic (exact) mass is 299 g/mol. The fraction of sp³-hybridized carbons (Fsp3) is 0.462. The minimum Gasteiger partial charge on any atom is -0.383 e. The maximum atomic E-state index is 11.9. The molecule has 0 saturated carbocycles. The molecule has 3 nitrogen and oxygen atoms in total. The molecular weight excluding hydrogens is 282 g/mol. The van der Waals surface area contributed by atoms with Crippen LogP contribution in [0, 0.1) is 13.8 Å². The average Bonchev–Trinajstić information content (AvgIpc) is 2.26. The van der Waals surface area contributed by atoms with Gasteiger partial charge in [0.05, 0.1) is 11.4 Å².